The van der Waals surface area contributed by atoms with Crippen molar-refractivity contribution in [2.45, 2.75) is 51.6 Å². The Hall–Kier alpha value is -3.63. The Morgan fingerprint density at radius 3 is 2.62 bits per heavy atom. The van der Waals surface area contributed by atoms with Crippen LogP contribution in [0.15, 0.2) is 47.3 Å². The van der Waals surface area contributed by atoms with Crippen LogP contribution in [-0.4, -0.2) is 61.3 Å². The first-order chi connectivity index (χ1) is 19.0. The molecule has 3 aromatic heterocycles. The van der Waals surface area contributed by atoms with E-state index in [1.165, 1.54) is 23.1 Å². The third-order valence-corrected chi connectivity index (χ3v) is 9.38. The molecule has 1 saturated heterocycles. The van der Waals surface area contributed by atoms with Crippen LogP contribution in [0.2, 0.25) is 0 Å². The van der Waals surface area contributed by atoms with Gasteiger partial charge in [-0.2, -0.15) is 0 Å². The number of para-hydroxylation sites is 1. The number of H-pyrrole nitrogens is 1. The SMILES string of the molecule is Cc1cc(C)c2[nH]c(=O)c(C(c3nnnn3C3CCCC3)N3CCN(c4nc5ccccc5s4)CC3)cc2c1. The van der Waals surface area contributed by atoms with Crippen molar-refractivity contribution in [3.63, 3.8) is 0 Å². The van der Waals surface area contributed by atoms with E-state index in [0.29, 0.717) is 5.56 Å². The molecule has 2 aromatic carbocycles. The first kappa shape index (κ1) is 24.4. The van der Waals surface area contributed by atoms with Crippen LogP contribution >= 0.6 is 11.3 Å². The van der Waals surface area contributed by atoms with Gasteiger partial charge in [0.1, 0.15) is 6.04 Å². The number of thiazole rings is 1. The number of fused-ring (bicyclic) bond motifs is 2. The molecule has 4 heterocycles. The summed E-state index contributed by atoms with van der Waals surface area (Å²) in [5, 5.41) is 15.2. The second-order valence-corrected chi connectivity index (χ2v) is 11.9. The highest BCUT2D eigenvalue weighted by Crippen LogP contribution is 2.35. The van der Waals surface area contributed by atoms with Crippen molar-refractivity contribution in [1.29, 1.82) is 0 Å². The summed E-state index contributed by atoms with van der Waals surface area (Å²) in [6.45, 7) is 7.35. The van der Waals surface area contributed by atoms with Crippen molar-refractivity contribution < 1.29 is 0 Å². The van der Waals surface area contributed by atoms with E-state index in [0.717, 1.165) is 72.0 Å². The van der Waals surface area contributed by atoms with E-state index in [4.69, 9.17) is 4.98 Å². The molecule has 10 heteroatoms. The molecule has 39 heavy (non-hydrogen) atoms. The Morgan fingerprint density at radius 1 is 1.03 bits per heavy atom. The number of rotatable bonds is 5. The van der Waals surface area contributed by atoms with Crippen LogP contribution in [0.1, 0.15) is 60.3 Å². The van der Waals surface area contributed by atoms with Gasteiger partial charge < -0.3 is 9.88 Å². The molecule has 1 atom stereocenters. The van der Waals surface area contributed by atoms with E-state index in [1.807, 2.05) is 17.7 Å². The van der Waals surface area contributed by atoms with Crippen LogP contribution in [0.5, 0.6) is 0 Å². The third-order valence-electron chi connectivity index (χ3n) is 8.28. The van der Waals surface area contributed by atoms with Crippen LogP contribution in [0.25, 0.3) is 21.1 Å². The molecular formula is C29H32N8OS. The van der Waals surface area contributed by atoms with Crippen molar-refractivity contribution in [3.05, 3.63) is 75.3 Å². The molecular weight excluding hydrogens is 508 g/mol. The number of anilines is 1. The van der Waals surface area contributed by atoms with Crippen molar-refractivity contribution in [3.8, 4) is 0 Å². The summed E-state index contributed by atoms with van der Waals surface area (Å²) in [6, 6.07) is 14.6. The standard InChI is InChI=1S/C29H32N8OS/c1-18-15-19(2)25-20(16-18)17-22(28(38)31-25)26(27-32-33-34-37(27)21-7-3-4-8-21)35-11-13-36(14-12-35)29-30-23-9-5-6-10-24(23)39-29/h5-6,9-10,15-17,21,26H,3-4,7-8,11-14H2,1-2H3,(H,31,38). The summed E-state index contributed by atoms with van der Waals surface area (Å²) in [6.07, 6.45) is 4.51. The molecule has 2 aliphatic rings. The Morgan fingerprint density at radius 2 is 1.82 bits per heavy atom. The predicted octanol–water partition coefficient (Wildman–Crippen LogP) is 4.77. The number of aromatic nitrogens is 6. The molecule has 1 N–H and O–H groups in total. The van der Waals surface area contributed by atoms with Gasteiger partial charge in [0.25, 0.3) is 5.56 Å². The molecule has 7 rings (SSSR count). The minimum Gasteiger partial charge on any atom is -0.345 e. The smallest absolute Gasteiger partial charge is 0.253 e. The zero-order chi connectivity index (χ0) is 26.5. The fourth-order valence-electron chi connectivity index (χ4n) is 6.36. The van der Waals surface area contributed by atoms with Crippen LogP contribution in [0, 0.1) is 13.8 Å². The van der Waals surface area contributed by atoms with Crippen molar-refractivity contribution in [2.24, 2.45) is 0 Å². The van der Waals surface area contributed by atoms with E-state index in [1.54, 1.807) is 11.3 Å². The minimum absolute atomic E-state index is 0.0750. The molecule has 0 bridgehead atoms. The fraction of sp³-hybridized carbons (Fsp3) is 0.414. The number of aryl methyl sites for hydroxylation is 2. The van der Waals surface area contributed by atoms with Crippen molar-refractivity contribution >= 4 is 37.6 Å². The van der Waals surface area contributed by atoms with E-state index < -0.39 is 0 Å². The second kappa shape index (κ2) is 9.84. The van der Waals surface area contributed by atoms with E-state index in [9.17, 15) is 4.79 Å². The van der Waals surface area contributed by atoms with Gasteiger partial charge in [0.2, 0.25) is 0 Å². The molecule has 0 spiro atoms. The van der Waals surface area contributed by atoms with Crippen LogP contribution in [0.3, 0.4) is 0 Å². The largest absolute Gasteiger partial charge is 0.345 e. The lowest BCUT2D eigenvalue weighted by Gasteiger charge is -2.38. The molecule has 1 unspecified atom stereocenters. The number of hydrogen-bond donors (Lipinski definition) is 1. The van der Waals surface area contributed by atoms with E-state index in [2.05, 4.69) is 73.6 Å². The molecule has 0 radical (unpaired) electrons. The van der Waals surface area contributed by atoms with Gasteiger partial charge in [0.05, 0.1) is 21.8 Å². The number of nitrogens with zero attached hydrogens (tertiary/aromatic N) is 7. The van der Waals surface area contributed by atoms with Gasteiger partial charge in [-0.1, -0.05) is 47.9 Å². The second-order valence-electron chi connectivity index (χ2n) is 10.9. The van der Waals surface area contributed by atoms with Crippen LogP contribution in [-0.2, 0) is 0 Å². The quantitative estimate of drug-likeness (QED) is 0.343. The lowest BCUT2D eigenvalue weighted by molar-refractivity contribution is 0.197. The van der Waals surface area contributed by atoms with Crippen LogP contribution in [0.4, 0.5) is 5.13 Å². The molecule has 9 nitrogen and oxygen atoms in total. The summed E-state index contributed by atoms with van der Waals surface area (Å²) in [5.74, 6) is 0.768. The van der Waals surface area contributed by atoms with E-state index in [-0.39, 0.29) is 17.6 Å². The van der Waals surface area contributed by atoms with Crippen molar-refractivity contribution in [1.82, 2.24) is 35.1 Å². The predicted molar refractivity (Wildman–Crippen MR) is 155 cm³/mol. The number of hydrogen-bond acceptors (Lipinski definition) is 8. The Bertz CT molecular complexity index is 1670. The molecule has 1 saturated carbocycles. The summed E-state index contributed by atoms with van der Waals surface area (Å²) < 4.78 is 3.21. The van der Waals surface area contributed by atoms with Crippen molar-refractivity contribution in [2.75, 3.05) is 31.1 Å². The lowest BCUT2D eigenvalue weighted by atomic mass is 10.00. The fourth-order valence-corrected chi connectivity index (χ4v) is 7.38. The van der Waals surface area contributed by atoms with E-state index >= 15 is 0 Å². The van der Waals surface area contributed by atoms with Crippen LogP contribution < -0.4 is 10.5 Å². The Balaban J connectivity index is 1.27. The van der Waals surface area contributed by atoms with Gasteiger partial charge in [0.15, 0.2) is 11.0 Å². The average Bonchev–Trinajstić information content (AvgIpc) is 3.71. The monoisotopic (exact) mass is 540 g/mol. The lowest BCUT2D eigenvalue weighted by Crippen LogP contribution is -2.49. The summed E-state index contributed by atoms with van der Waals surface area (Å²) in [7, 11) is 0. The van der Waals surface area contributed by atoms with Gasteiger partial charge in [-0.25, -0.2) is 9.67 Å². The topological polar surface area (TPSA) is 95.8 Å². The number of benzene rings is 2. The first-order valence-corrected chi connectivity index (χ1v) is 14.6. The summed E-state index contributed by atoms with van der Waals surface area (Å²) >= 11 is 1.74. The molecule has 0 amide bonds. The van der Waals surface area contributed by atoms with Gasteiger partial charge in [0, 0.05) is 31.7 Å². The number of nitrogens with one attached hydrogen (secondary N) is 1. The van der Waals surface area contributed by atoms with Gasteiger partial charge in [-0.3, -0.25) is 9.69 Å². The Kier molecular flexibility index (Phi) is 6.16. The Labute approximate surface area is 230 Å². The highest BCUT2D eigenvalue weighted by atomic mass is 32.1. The number of tetrazole rings is 1. The summed E-state index contributed by atoms with van der Waals surface area (Å²) in [5.41, 5.74) is 4.82. The molecule has 2 fully saturated rings. The summed E-state index contributed by atoms with van der Waals surface area (Å²) in [4.78, 5) is 26.5. The molecule has 200 valence electrons. The maximum absolute atomic E-state index is 13.7. The molecule has 1 aliphatic carbocycles. The zero-order valence-electron chi connectivity index (χ0n) is 22.3. The minimum atomic E-state index is -0.327. The normalized spacial score (nSPS) is 17.9. The zero-order valence-corrected chi connectivity index (χ0v) is 23.1. The average molecular weight is 541 g/mol. The maximum atomic E-state index is 13.7. The van der Waals surface area contributed by atoms with Gasteiger partial charge >= 0.3 is 0 Å². The molecule has 5 aromatic rings. The highest BCUT2D eigenvalue weighted by Gasteiger charge is 2.35. The van der Waals surface area contributed by atoms with Gasteiger partial charge in [-0.05, 0) is 72.3 Å². The number of piperazine rings is 1. The first-order valence-electron chi connectivity index (χ1n) is 13.8. The van der Waals surface area contributed by atoms with Gasteiger partial charge in [-0.15, -0.1) is 5.10 Å². The highest BCUT2D eigenvalue weighted by molar-refractivity contribution is 7.22. The third kappa shape index (κ3) is 4.41. The number of pyridine rings is 1. The molecule has 1 aliphatic heterocycles. The maximum Gasteiger partial charge on any atom is 0.253 e. The number of aromatic amines is 1.